The quantitative estimate of drug-likeness (QED) is 0.392. The number of hydrogen-bond acceptors (Lipinski definition) is 7. The van der Waals surface area contributed by atoms with Crippen LogP contribution in [0.15, 0.2) is 36.4 Å². The molecule has 1 heterocycles. The van der Waals surface area contributed by atoms with Crippen LogP contribution in [0.2, 0.25) is 0 Å². The highest BCUT2D eigenvalue weighted by Crippen LogP contribution is 2.41. The van der Waals surface area contributed by atoms with Crippen LogP contribution in [0.25, 0.3) is 0 Å². The van der Waals surface area contributed by atoms with E-state index in [1.165, 1.54) is 4.88 Å². The van der Waals surface area contributed by atoms with Crippen molar-refractivity contribution in [3.05, 3.63) is 58.0 Å². The van der Waals surface area contributed by atoms with E-state index >= 15 is 0 Å². The number of thiophene rings is 1. The second-order valence-corrected chi connectivity index (χ2v) is 9.69. The van der Waals surface area contributed by atoms with Gasteiger partial charge in [0.25, 0.3) is 5.91 Å². The van der Waals surface area contributed by atoms with Gasteiger partial charge >= 0.3 is 0 Å². The number of nitrogens with one attached hydrogen (secondary N) is 2. The molecule has 0 unspecified atom stereocenters. The lowest BCUT2D eigenvalue weighted by atomic mass is 9.88. The number of hydrogen-bond donors (Lipinski definition) is 2. The van der Waals surface area contributed by atoms with Crippen molar-refractivity contribution in [3.63, 3.8) is 0 Å². The van der Waals surface area contributed by atoms with E-state index in [9.17, 15) is 4.79 Å². The summed E-state index contributed by atoms with van der Waals surface area (Å²) in [4.78, 5) is 14.9. The second kappa shape index (κ2) is 10.9. The van der Waals surface area contributed by atoms with Crippen molar-refractivity contribution in [2.24, 2.45) is 5.92 Å². The lowest BCUT2D eigenvalue weighted by molar-refractivity contribution is 0.102. The van der Waals surface area contributed by atoms with Gasteiger partial charge in [0.05, 0.1) is 39.7 Å². The monoisotopic (exact) mass is 496 g/mol. The molecule has 7 nitrogen and oxygen atoms in total. The third-order valence-electron chi connectivity index (χ3n) is 6.32. The number of methoxy groups -OCH3 is 4. The summed E-state index contributed by atoms with van der Waals surface area (Å²) in [7, 11) is 6.43. The van der Waals surface area contributed by atoms with Crippen LogP contribution < -0.4 is 29.6 Å². The first-order valence-corrected chi connectivity index (χ1v) is 12.4. The van der Waals surface area contributed by atoms with Crippen molar-refractivity contribution in [1.82, 2.24) is 0 Å². The Bertz CT molecular complexity index is 1210. The van der Waals surface area contributed by atoms with Crippen LogP contribution in [0.3, 0.4) is 0 Å². The van der Waals surface area contributed by atoms with Crippen LogP contribution in [0.4, 0.5) is 10.7 Å². The van der Waals surface area contributed by atoms with E-state index in [2.05, 4.69) is 17.6 Å². The molecule has 1 aromatic heterocycles. The molecule has 1 aliphatic rings. The van der Waals surface area contributed by atoms with Crippen molar-refractivity contribution in [1.29, 1.82) is 0 Å². The average molecular weight is 497 g/mol. The van der Waals surface area contributed by atoms with Crippen LogP contribution in [-0.4, -0.2) is 34.3 Å². The Morgan fingerprint density at radius 2 is 1.83 bits per heavy atom. The zero-order valence-electron chi connectivity index (χ0n) is 20.8. The molecule has 0 fully saturated rings. The standard InChI is InChI=1S/C27H32N2O5S/c1-16-9-11-19-23(13-16)35-27(28-15-17-7-6-8-22(33-4)25(17)34-5)24(19)26(30)29-20-14-18(31-2)10-12-21(20)32-3/h6-8,10,12,14,16,28H,9,11,13,15H2,1-5H3,(H,29,30)/t16-/m1/s1. The van der Waals surface area contributed by atoms with E-state index in [0.29, 0.717) is 46.7 Å². The van der Waals surface area contributed by atoms with Gasteiger partial charge in [-0.3, -0.25) is 4.79 Å². The number of rotatable bonds is 9. The summed E-state index contributed by atoms with van der Waals surface area (Å²) >= 11 is 1.66. The largest absolute Gasteiger partial charge is 0.497 e. The molecule has 0 spiro atoms. The number of anilines is 2. The first kappa shape index (κ1) is 24.7. The van der Waals surface area contributed by atoms with E-state index in [0.717, 1.165) is 35.4 Å². The summed E-state index contributed by atoms with van der Waals surface area (Å²) in [6.45, 7) is 2.76. The Balaban J connectivity index is 1.67. The molecule has 3 aromatic rings. The van der Waals surface area contributed by atoms with E-state index < -0.39 is 0 Å². The molecule has 35 heavy (non-hydrogen) atoms. The lowest BCUT2D eigenvalue weighted by Crippen LogP contribution is -2.18. The highest BCUT2D eigenvalue weighted by atomic mass is 32.1. The van der Waals surface area contributed by atoms with E-state index in [4.69, 9.17) is 18.9 Å². The number of benzene rings is 2. The minimum atomic E-state index is -0.163. The summed E-state index contributed by atoms with van der Waals surface area (Å²) in [5.74, 6) is 3.02. The topological polar surface area (TPSA) is 78.1 Å². The van der Waals surface area contributed by atoms with Crippen molar-refractivity contribution in [2.75, 3.05) is 39.1 Å². The smallest absolute Gasteiger partial charge is 0.259 e. The van der Waals surface area contributed by atoms with E-state index in [1.807, 2.05) is 18.2 Å². The van der Waals surface area contributed by atoms with Crippen molar-refractivity contribution >= 4 is 27.9 Å². The maximum Gasteiger partial charge on any atom is 0.259 e. The van der Waals surface area contributed by atoms with Crippen LogP contribution in [0.1, 0.15) is 39.7 Å². The fourth-order valence-corrected chi connectivity index (χ4v) is 5.88. The molecule has 4 rings (SSSR count). The first-order valence-electron chi connectivity index (χ1n) is 11.6. The SMILES string of the molecule is COc1ccc(OC)c(NC(=O)c2c(NCc3cccc(OC)c3OC)sc3c2CC[C@@H](C)C3)c1. The molecule has 186 valence electrons. The Kier molecular flexibility index (Phi) is 7.70. The third-order valence-corrected chi connectivity index (χ3v) is 7.53. The van der Waals surface area contributed by atoms with Gasteiger partial charge in [0.2, 0.25) is 0 Å². The molecular weight excluding hydrogens is 464 g/mol. The molecule has 1 atom stereocenters. The zero-order valence-corrected chi connectivity index (χ0v) is 21.6. The summed E-state index contributed by atoms with van der Waals surface area (Å²) in [5.41, 5.74) is 3.35. The molecule has 0 aliphatic heterocycles. The van der Waals surface area contributed by atoms with Crippen LogP contribution in [0, 0.1) is 5.92 Å². The highest BCUT2D eigenvalue weighted by Gasteiger charge is 2.28. The number of para-hydroxylation sites is 1. The number of fused-ring (bicyclic) bond motifs is 1. The minimum absolute atomic E-state index is 0.163. The molecule has 2 N–H and O–H groups in total. The van der Waals surface area contributed by atoms with Crippen molar-refractivity contribution < 1.29 is 23.7 Å². The Morgan fingerprint density at radius 1 is 1.03 bits per heavy atom. The minimum Gasteiger partial charge on any atom is -0.497 e. The highest BCUT2D eigenvalue weighted by molar-refractivity contribution is 7.16. The van der Waals surface area contributed by atoms with Gasteiger partial charge in [0.15, 0.2) is 11.5 Å². The van der Waals surface area contributed by atoms with Crippen molar-refractivity contribution in [2.45, 2.75) is 32.7 Å². The predicted molar refractivity (Wildman–Crippen MR) is 140 cm³/mol. The predicted octanol–water partition coefficient (Wildman–Crippen LogP) is 5.77. The normalized spacial score (nSPS) is 14.6. The Hall–Kier alpha value is -3.39. The van der Waals surface area contributed by atoms with Crippen LogP contribution in [0.5, 0.6) is 23.0 Å². The van der Waals surface area contributed by atoms with Gasteiger partial charge in [-0.1, -0.05) is 19.1 Å². The van der Waals surface area contributed by atoms with Gasteiger partial charge in [-0.2, -0.15) is 0 Å². The second-order valence-electron chi connectivity index (χ2n) is 8.58. The molecule has 0 bridgehead atoms. The molecule has 8 heteroatoms. The first-order chi connectivity index (χ1) is 17.0. The number of carbonyl (C=O) groups is 1. The van der Waals surface area contributed by atoms with Gasteiger partial charge < -0.3 is 29.6 Å². The summed E-state index contributed by atoms with van der Waals surface area (Å²) in [6.07, 6.45) is 2.93. The zero-order chi connectivity index (χ0) is 24.9. The maximum absolute atomic E-state index is 13.7. The van der Waals surface area contributed by atoms with Crippen molar-refractivity contribution in [3.8, 4) is 23.0 Å². The number of ether oxygens (including phenoxy) is 4. The summed E-state index contributed by atoms with van der Waals surface area (Å²) in [6, 6.07) is 11.1. The van der Waals surface area contributed by atoms with Gasteiger partial charge in [0.1, 0.15) is 16.5 Å². The maximum atomic E-state index is 13.7. The molecule has 0 radical (unpaired) electrons. The average Bonchev–Trinajstić information content (AvgIpc) is 3.24. The number of carbonyl (C=O) groups excluding carboxylic acids is 1. The molecule has 0 saturated heterocycles. The molecule has 2 aromatic carbocycles. The van der Waals surface area contributed by atoms with Gasteiger partial charge in [0, 0.05) is 23.1 Å². The van der Waals surface area contributed by atoms with Gasteiger partial charge in [-0.15, -0.1) is 11.3 Å². The van der Waals surface area contributed by atoms with Crippen LogP contribution >= 0.6 is 11.3 Å². The van der Waals surface area contributed by atoms with Gasteiger partial charge in [-0.05, 0) is 48.9 Å². The molecule has 0 saturated carbocycles. The molecule has 1 amide bonds. The fourth-order valence-electron chi connectivity index (χ4n) is 4.48. The Morgan fingerprint density at radius 3 is 2.54 bits per heavy atom. The number of amides is 1. The summed E-state index contributed by atoms with van der Waals surface area (Å²) < 4.78 is 21.8. The molecule has 1 aliphatic carbocycles. The third kappa shape index (κ3) is 5.17. The fraction of sp³-hybridized carbons (Fsp3) is 0.370. The van der Waals surface area contributed by atoms with E-state index in [-0.39, 0.29) is 5.91 Å². The Labute approximate surface area is 210 Å². The lowest BCUT2D eigenvalue weighted by Gasteiger charge is -2.19. The van der Waals surface area contributed by atoms with Gasteiger partial charge in [-0.25, -0.2) is 0 Å². The molecular formula is C27H32N2O5S. The van der Waals surface area contributed by atoms with E-state index in [1.54, 1.807) is 58.0 Å². The summed E-state index contributed by atoms with van der Waals surface area (Å²) in [5, 5.41) is 7.42. The van der Waals surface area contributed by atoms with Crippen LogP contribution in [-0.2, 0) is 19.4 Å².